The molecule has 4 nitrogen and oxygen atoms in total. The molecule has 0 spiro atoms. The van der Waals surface area contributed by atoms with Gasteiger partial charge in [0.05, 0.1) is 0 Å². The maximum absolute atomic E-state index is 12.0. The normalized spacial score (nSPS) is 19.6. The number of carbonyl (C=O) groups is 2. The zero-order valence-electron chi connectivity index (χ0n) is 11.9. The van der Waals surface area contributed by atoms with Crippen LogP contribution in [-0.4, -0.2) is 23.4 Å². The highest BCUT2D eigenvalue weighted by atomic mass is 16.2. The van der Waals surface area contributed by atoms with Gasteiger partial charge in [0.1, 0.15) is 5.70 Å². The Kier molecular flexibility index (Phi) is 4.03. The van der Waals surface area contributed by atoms with Gasteiger partial charge >= 0.3 is 6.03 Å². The number of carbonyl (C=O) groups excluding carboxylic acids is 2. The first-order valence-corrected chi connectivity index (χ1v) is 6.65. The third-order valence-corrected chi connectivity index (χ3v) is 3.34. The van der Waals surface area contributed by atoms with Crippen molar-refractivity contribution in [1.82, 2.24) is 10.2 Å². The Morgan fingerprint density at radius 1 is 1.30 bits per heavy atom. The molecule has 1 aliphatic rings. The maximum atomic E-state index is 12.0. The number of benzene rings is 1. The highest BCUT2D eigenvalue weighted by Gasteiger charge is 2.31. The van der Waals surface area contributed by atoms with Gasteiger partial charge in [0.2, 0.25) is 0 Å². The Morgan fingerprint density at radius 2 is 2.00 bits per heavy atom. The number of nitrogens with zero attached hydrogens (tertiary/aromatic N) is 1. The van der Waals surface area contributed by atoms with E-state index in [-0.39, 0.29) is 11.9 Å². The van der Waals surface area contributed by atoms with Crippen molar-refractivity contribution in [3.63, 3.8) is 0 Å². The van der Waals surface area contributed by atoms with Gasteiger partial charge in [-0.2, -0.15) is 0 Å². The molecule has 0 saturated carbocycles. The number of amides is 3. The average molecular weight is 270 g/mol. The largest absolute Gasteiger partial charge is 0.328 e. The van der Waals surface area contributed by atoms with Crippen molar-refractivity contribution in [2.45, 2.75) is 20.8 Å². The molecular formula is C16H18N2O2. The standard InChI is InChI=1S/C16H18N2O2/c1-4-12-8-6-7-9-13(12)11(3)10-14-15(19)18(5-2)16(20)17-14/h4,6-10H,5H2,1-3H3,(H,17,20)/b12-4-,13-11+,14-10-. The molecule has 0 bridgehead atoms. The Hall–Kier alpha value is -2.36. The summed E-state index contributed by atoms with van der Waals surface area (Å²) >= 11 is 0. The van der Waals surface area contributed by atoms with Crippen LogP contribution < -0.4 is 15.8 Å². The van der Waals surface area contributed by atoms with E-state index in [9.17, 15) is 9.59 Å². The molecule has 1 fully saturated rings. The molecule has 0 radical (unpaired) electrons. The smallest absolute Gasteiger partial charge is 0.303 e. The molecule has 20 heavy (non-hydrogen) atoms. The second-order valence-electron chi connectivity index (χ2n) is 4.60. The molecule has 3 amide bonds. The van der Waals surface area contributed by atoms with E-state index < -0.39 is 0 Å². The Bertz CT molecular complexity index is 701. The van der Waals surface area contributed by atoms with Crippen molar-refractivity contribution in [3.05, 3.63) is 46.5 Å². The van der Waals surface area contributed by atoms with Crippen LogP contribution in [0.25, 0.3) is 11.6 Å². The lowest BCUT2D eigenvalue weighted by atomic mass is 10.1. The third kappa shape index (κ3) is 2.50. The van der Waals surface area contributed by atoms with Crippen molar-refractivity contribution in [3.8, 4) is 0 Å². The minimum Gasteiger partial charge on any atom is -0.303 e. The van der Waals surface area contributed by atoms with Gasteiger partial charge in [-0.15, -0.1) is 0 Å². The zero-order valence-corrected chi connectivity index (χ0v) is 11.9. The van der Waals surface area contributed by atoms with Gasteiger partial charge in [0.15, 0.2) is 0 Å². The van der Waals surface area contributed by atoms with Crippen LogP contribution in [0.1, 0.15) is 20.8 Å². The first-order chi connectivity index (χ1) is 9.58. The topological polar surface area (TPSA) is 49.4 Å². The SMILES string of the molecule is C/C=c1/cccc/c1=C(C)\C=C1/NC(=O)N(CC)C1=O. The number of nitrogens with one attached hydrogen (secondary N) is 1. The molecule has 0 aliphatic carbocycles. The number of urea groups is 1. The van der Waals surface area contributed by atoms with E-state index in [4.69, 9.17) is 0 Å². The predicted molar refractivity (Wildman–Crippen MR) is 78.9 cm³/mol. The van der Waals surface area contributed by atoms with Crippen LogP contribution in [0.2, 0.25) is 0 Å². The summed E-state index contributed by atoms with van der Waals surface area (Å²) in [5, 5.41) is 4.77. The van der Waals surface area contributed by atoms with Gasteiger partial charge in [0.25, 0.3) is 5.91 Å². The van der Waals surface area contributed by atoms with Gasteiger partial charge < -0.3 is 5.32 Å². The van der Waals surface area contributed by atoms with Gasteiger partial charge in [-0.05, 0) is 42.9 Å². The molecule has 2 rings (SSSR count). The van der Waals surface area contributed by atoms with Crippen LogP contribution in [0, 0.1) is 0 Å². The van der Waals surface area contributed by atoms with E-state index in [1.165, 1.54) is 4.90 Å². The predicted octanol–water partition coefficient (Wildman–Crippen LogP) is 1.11. The number of imide groups is 1. The summed E-state index contributed by atoms with van der Waals surface area (Å²) in [6.07, 6.45) is 3.75. The lowest BCUT2D eigenvalue weighted by molar-refractivity contribution is -0.122. The average Bonchev–Trinajstić information content (AvgIpc) is 2.72. The quantitative estimate of drug-likeness (QED) is 0.646. The number of allylic oxidation sites excluding steroid dienone is 1. The van der Waals surface area contributed by atoms with E-state index in [1.807, 2.05) is 44.2 Å². The van der Waals surface area contributed by atoms with Gasteiger partial charge in [0, 0.05) is 6.54 Å². The van der Waals surface area contributed by atoms with Crippen molar-refractivity contribution < 1.29 is 9.59 Å². The summed E-state index contributed by atoms with van der Waals surface area (Å²) < 4.78 is 0. The van der Waals surface area contributed by atoms with Gasteiger partial charge in [-0.1, -0.05) is 30.3 Å². The van der Waals surface area contributed by atoms with Crippen LogP contribution in [0.5, 0.6) is 0 Å². The third-order valence-electron chi connectivity index (χ3n) is 3.34. The molecular weight excluding hydrogens is 252 g/mol. The Morgan fingerprint density at radius 3 is 2.60 bits per heavy atom. The fourth-order valence-corrected chi connectivity index (χ4v) is 2.26. The fourth-order valence-electron chi connectivity index (χ4n) is 2.26. The van der Waals surface area contributed by atoms with Crippen LogP contribution in [0.15, 0.2) is 36.0 Å². The molecule has 1 saturated heterocycles. The molecule has 1 heterocycles. The lowest BCUT2D eigenvalue weighted by Gasteiger charge is -2.06. The summed E-state index contributed by atoms with van der Waals surface area (Å²) in [5.41, 5.74) is 1.28. The summed E-state index contributed by atoms with van der Waals surface area (Å²) in [7, 11) is 0. The van der Waals surface area contributed by atoms with Crippen LogP contribution in [0.3, 0.4) is 0 Å². The number of hydrogen-bond donors (Lipinski definition) is 1. The lowest BCUT2D eigenvalue weighted by Crippen LogP contribution is -2.30. The molecule has 4 heteroatoms. The number of hydrogen-bond acceptors (Lipinski definition) is 2. The van der Waals surface area contributed by atoms with E-state index in [0.29, 0.717) is 12.2 Å². The van der Waals surface area contributed by atoms with Crippen molar-refractivity contribution in [2.75, 3.05) is 6.54 Å². The Balaban J connectivity index is 2.52. The first-order valence-electron chi connectivity index (χ1n) is 6.65. The fraction of sp³-hybridized carbons (Fsp3) is 0.250. The second kappa shape index (κ2) is 5.74. The molecule has 0 atom stereocenters. The highest BCUT2D eigenvalue weighted by molar-refractivity contribution is 6.12. The van der Waals surface area contributed by atoms with E-state index in [2.05, 4.69) is 5.32 Å². The molecule has 1 aromatic rings. The first kappa shape index (κ1) is 14.1. The van der Waals surface area contributed by atoms with Crippen molar-refractivity contribution in [2.24, 2.45) is 0 Å². The van der Waals surface area contributed by atoms with Crippen LogP contribution >= 0.6 is 0 Å². The van der Waals surface area contributed by atoms with Gasteiger partial charge in [-0.3, -0.25) is 9.69 Å². The molecule has 0 unspecified atom stereocenters. The van der Waals surface area contributed by atoms with Crippen molar-refractivity contribution >= 4 is 23.6 Å². The molecule has 1 aliphatic heterocycles. The van der Waals surface area contributed by atoms with Gasteiger partial charge in [-0.25, -0.2) is 4.79 Å². The summed E-state index contributed by atoms with van der Waals surface area (Å²) in [4.78, 5) is 24.8. The van der Waals surface area contributed by atoms with Crippen LogP contribution in [-0.2, 0) is 4.79 Å². The minimum atomic E-state index is -0.355. The molecule has 1 aromatic carbocycles. The monoisotopic (exact) mass is 270 g/mol. The molecule has 1 N–H and O–H groups in total. The summed E-state index contributed by atoms with van der Waals surface area (Å²) in [6.45, 7) is 6.06. The van der Waals surface area contributed by atoms with Crippen LogP contribution in [0.4, 0.5) is 4.79 Å². The highest BCUT2D eigenvalue weighted by Crippen LogP contribution is 2.11. The van der Waals surface area contributed by atoms with E-state index in [1.54, 1.807) is 13.0 Å². The maximum Gasteiger partial charge on any atom is 0.328 e. The molecule has 0 aromatic heterocycles. The number of rotatable bonds is 2. The summed E-state index contributed by atoms with van der Waals surface area (Å²) in [6, 6.07) is 7.59. The molecule has 104 valence electrons. The second-order valence-corrected chi connectivity index (χ2v) is 4.60. The zero-order chi connectivity index (χ0) is 14.7. The van der Waals surface area contributed by atoms with Crippen molar-refractivity contribution in [1.29, 1.82) is 0 Å². The summed E-state index contributed by atoms with van der Waals surface area (Å²) in [5.74, 6) is -0.269. The number of likely N-dealkylation sites (N-methyl/N-ethyl adjacent to an activating group) is 1. The van der Waals surface area contributed by atoms with E-state index in [0.717, 1.165) is 16.0 Å². The minimum absolute atomic E-state index is 0.269. The Labute approximate surface area is 118 Å². The van der Waals surface area contributed by atoms with E-state index >= 15 is 0 Å².